The predicted octanol–water partition coefficient (Wildman–Crippen LogP) is 2.68. The molecule has 0 fully saturated rings. The van der Waals surface area contributed by atoms with Gasteiger partial charge in [-0.15, -0.1) is 0 Å². The molecule has 0 amide bonds. The van der Waals surface area contributed by atoms with Crippen molar-refractivity contribution in [2.75, 3.05) is 27.7 Å². The summed E-state index contributed by atoms with van der Waals surface area (Å²) in [4.78, 5) is 23.0. The maximum Gasteiger partial charge on any atom is 1.00 e. The number of aliphatic carboxylic acids is 1. The van der Waals surface area contributed by atoms with Crippen LogP contribution in [0.5, 0.6) is 0 Å². The molecular weight excluding hydrogens is 377 g/mol. The smallest absolute Gasteiger partial charge is 1.00 e. The van der Waals surface area contributed by atoms with Crippen molar-refractivity contribution < 1.29 is 54.9 Å². The Kier molecular flexibility index (Phi) is 21.3. The van der Waals surface area contributed by atoms with Gasteiger partial charge in [0.25, 0.3) is 0 Å². The Morgan fingerprint density at radius 2 is 1.24 bits per heavy atom. The van der Waals surface area contributed by atoms with E-state index in [9.17, 15) is 9.59 Å². The number of esters is 1. The van der Waals surface area contributed by atoms with E-state index < -0.39 is 12.1 Å². The average molecular weight is 425 g/mol. The molecule has 0 aliphatic rings. The van der Waals surface area contributed by atoms with Gasteiger partial charge in [-0.3, -0.25) is 9.59 Å². The van der Waals surface area contributed by atoms with Crippen LogP contribution in [-0.4, -0.2) is 55.3 Å². The van der Waals surface area contributed by atoms with E-state index in [1.807, 2.05) is 21.1 Å². The van der Waals surface area contributed by atoms with Gasteiger partial charge in [0, 0.05) is 6.42 Å². The first-order valence-electron chi connectivity index (χ1n) is 11.5. The van der Waals surface area contributed by atoms with Crippen LogP contribution in [0.4, 0.5) is 0 Å². The second-order valence-electron chi connectivity index (χ2n) is 9.18. The topological polar surface area (TPSA) is 63.6 Å². The minimum atomic E-state index is -0.924. The molecule has 168 valence electrons. The molecule has 0 aliphatic carbocycles. The van der Waals surface area contributed by atoms with Crippen LogP contribution < -0.4 is 29.6 Å². The van der Waals surface area contributed by atoms with E-state index in [1.54, 1.807) is 0 Å². The molecule has 0 bridgehead atoms. The zero-order valence-corrected chi connectivity index (χ0v) is 22.0. The van der Waals surface area contributed by atoms with Crippen LogP contribution in [0.15, 0.2) is 0 Å². The first kappa shape index (κ1) is 31.1. The van der Waals surface area contributed by atoms with Crippen molar-refractivity contribution in [2.45, 2.75) is 109 Å². The normalized spacial score (nSPS) is 12.3. The number of hydrogen-bond donors (Lipinski definition) is 1. The minimum Gasteiger partial charge on any atom is -1.00 e. The van der Waals surface area contributed by atoms with Gasteiger partial charge in [-0.05, 0) is 6.42 Å². The molecule has 0 rings (SSSR count). The average Bonchev–Trinajstić information content (AvgIpc) is 2.56. The molecule has 6 heteroatoms. The van der Waals surface area contributed by atoms with Gasteiger partial charge in [-0.2, -0.15) is 0 Å². The molecule has 0 aromatic heterocycles. The maximum atomic E-state index is 12.0. The molecule has 0 saturated heterocycles. The molecule has 1 N–H and O–H groups in total. The van der Waals surface area contributed by atoms with Crippen molar-refractivity contribution >= 4 is 11.9 Å². The number of likely N-dealkylation sites (N-methyl/N-ethyl adjacent to an activating group) is 1. The second kappa shape index (κ2) is 19.8. The van der Waals surface area contributed by atoms with Gasteiger partial charge >= 0.3 is 41.5 Å². The maximum absolute atomic E-state index is 12.0. The van der Waals surface area contributed by atoms with Crippen molar-refractivity contribution in [1.82, 2.24) is 0 Å². The van der Waals surface area contributed by atoms with E-state index in [0.717, 1.165) is 12.8 Å². The molecule has 29 heavy (non-hydrogen) atoms. The minimum absolute atomic E-state index is 0. The van der Waals surface area contributed by atoms with Crippen molar-refractivity contribution in [3.8, 4) is 0 Å². The van der Waals surface area contributed by atoms with Crippen LogP contribution in [0.3, 0.4) is 0 Å². The standard InChI is InChI=1S/C23H45NO4.Na.H/c1-5-6-7-8-9-10-11-12-13-14-15-16-17-18-23(27)28-21(19-22(25)26)20-24(2,3)4;;/h21H,5-20H2,1-4H3;;/q;+1;-1/p+1/t21-;;/m1../s1. The Morgan fingerprint density at radius 3 is 1.62 bits per heavy atom. The largest absolute Gasteiger partial charge is 1.00 e. The number of quaternary nitrogens is 1. The molecule has 0 aromatic rings. The van der Waals surface area contributed by atoms with Crippen LogP contribution in [0.1, 0.15) is 105 Å². The summed E-state index contributed by atoms with van der Waals surface area (Å²) in [5.41, 5.74) is 0. The van der Waals surface area contributed by atoms with Gasteiger partial charge < -0.3 is 15.8 Å². The first-order chi connectivity index (χ1) is 13.2. The number of nitrogens with zero attached hydrogens (tertiary/aromatic N) is 1. The molecular formula is C23H47NNaO4+. The Hall–Kier alpha value is -0.100. The molecule has 5 nitrogen and oxygen atoms in total. The van der Waals surface area contributed by atoms with Gasteiger partial charge in [0.15, 0.2) is 6.10 Å². The zero-order valence-electron chi connectivity index (χ0n) is 21.0. The van der Waals surface area contributed by atoms with Crippen LogP contribution in [0.25, 0.3) is 0 Å². The summed E-state index contributed by atoms with van der Waals surface area (Å²) in [7, 11) is 5.90. The van der Waals surface area contributed by atoms with E-state index in [2.05, 4.69) is 6.92 Å². The van der Waals surface area contributed by atoms with Crippen molar-refractivity contribution in [1.29, 1.82) is 0 Å². The van der Waals surface area contributed by atoms with E-state index in [0.29, 0.717) is 17.4 Å². The monoisotopic (exact) mass is 424 g/mol. The van der Waals surface area contributed by atoms with E-state index >= 15 is 0 Å². The molecule has 0 heterocycles. The summed E-state index contributed by atoms with van der Waals surface area (Å²) < 4.78 is 5.98. The molecule has 0 aromatic carbocycles. The van der Waals surface area contributed by atoms with Crippen molar-refractivity contribution in [3.63, 3.8) is 0 Å². The number of carboxylic acid groups (broad SMARTS) is 1. The van der Waals surface area contributed by atoms with Gasteiger partial charge in [-0.25, -0.2) is 0 Å². The van der Waals surface area contributed by atoms with Crippen molar-refractivity contribution in [3.05, 3.63) is 0 Å². The Labute approximate surface area is 203 Å². The number of hydrogen-bond acceptors (Lipinski definition) is 3. The summed E-state index contributed by atoms with van der Waals surface area (Å²) in [5, 5.41) is 8.99. The van der Waals surface area contributed by atoms with Crippen LogP contribution in [0.2, 0.25) is 0 Å². The summed E-state index contributed by atoms with van der Waals surface area (Å²) >= 11 is 0. The number of carbonyl (C=O) groups excluding carboxylic acids is 1. The van der Waals surface area contributed by atoms with Gasteiger partial charge in [0.2, 0.25) is 0 Å². The molecule has 0 unspecified atom stereocenters. The van der Waals surface area contributed by atoms with Crippen LogP contribution in [0, 0.1) is 0 Å². The molecule has 0 radical (unpaired) electrons. The predicted molar refractivity (Wildman–Crippen MR) is 116 cm³/mol. The fourth-order valence-electron chi connectivity index (χ4n) is 3.48. The number of carboxylic acids is 1. The third kappa shape index (κ3) is 24.0. The Bertz CT molecular complexity index is 416. The van der Waals surface area contributed by atoms with Crippen molar-refractivity contribution in [2.24, 2.45) is 0 Å². The van der Waals surface area contributed by atoms with Crippen LogP contribution >= 0.6 is 0 Å². The quantitative estimate of drug-likeness (QED) is 0.150. The Morgan fingerprint density at radius 1 is 0.828 bits per heavy atom. The SMILES string of the molecule is CCCCCCCCCCCCCCCC(=O)O[C@H](CC(=O)O)C[N+](C)(C)C.[H-].[Na+]. The summed E-state index contributed by atoms with van der Waals surface area (Å²) in [6, 6.07) is 0. The van der Waals surface area contributed by atoms with Crippen LogP contribution in [-0.2, 0) is 14.3 Å². The summed E-state index contributed by atoms with van der Waals surface area (Å²) in [6.07, 6.45) is 16.2. The first-order valence-corrected chi connectivity index (χ1v) is 11.5. The molecule has 0 spiro atoms. The van der Waals surface area contributed by atoms with Gasteiger partial charge in [-0.1, -0.05) is 84.0 Å². The third-order valence-electron chi connectivity index (χ3n) is 4.94. The fourth-order valence-corrected chi connectivity index (χ4v) is 3.48. The third-order valence-corrected chi connectivity index (χ3v) is 4.94. The summed E-state index contributed by atoms with van der Waals surface area (Å²) in [5.74, 6) is -1.19. The number of unbranched alkanes of at least 4 members (excludes halogenated alkanes) is 12. The Balaban J connectivity index is -0.00000364. The van der Waals surface area contributed by atoms with Gasteiger partial charge in [0.05, 0.1) is 27.6 Å². The zero-order chi connectivity index (χ0) is 21.3. The molecule has 1 atom stereocenters. The van der Waals surface area contributed by atoms with E-state index in [1.165, 1.54) is 70.6 Å². The van der Waals surface area contributed by atoms with Gasteiger partial charge in [0.1, 0.15) is 6.54 Å². The fraction of sp³-hybridized carbons (Fsp3) is 0.913. The summed E-state index contributed by atoms with van der Waals surface area (Å²) in [6.45, 7) is 2.77. The number of carbonyl (C=O) groups is 2. The molecule has 0 aliphatic heterocycles. The van der Waals surface area contributed by atoms with E-state index in [-0.39, 0.29) is 43.4 Å². The number of rotatable bonds is 19. The second-order valence-corrected chi connectivity index (χ2v) is 9.18. The molecule has 0 saturated carbocycles. The van der Waals surface area contributed by atoms with E-state index in [4.69, 9.17) is 9.84 Å². The number of ether oxygens (including phenoxy) is 1.